The highest BCUT2D eigenvalue weighted by atomic mass is 35.5. The van der Waals surface area contributed by atoms with Gasteiger partial charge in [0, 0.05) is 5.39 Å². The molecule has 0 amide bonds. The summed E-state index contributed by atoms with van der Waals surface area (Å²) < 4.78 is 7.26. The highest BCUT2D eigenvalue weighted by molar-refractivity contribution is 6.45. The summed E-state index contributed by atoms with van der Waals surface area (Å²) in [7, 11) is 0. The van der Waals surface area contributed by atoms with Gasteiger partial charge in [0.25, 0.3) is 0 Å². The number of benzene rings is 2. The van der Waals surface area contributed by atoms with Crippen LogP contribution in [-0.4, -0.2) is 16.3 Å². The first kappa shape index (κ1) is 19.5. The number of ether oxygens (including phenoxy) is 1. The van der Waals surface area contributed by atoms with Crippen LogP contribution in [0.25, 0.3) is 10.9 Å². The Kier molecular flexibility index (Phi) is 5.92. The number of nitroso groups, excluding NO2 is 1. The van der Waals surface area contributed by atoms with Gasteiger partial charge in [0.15, 0.2) is 5.69 Å². The molecule has 1 aromatic heterocycles. The Labute approximate surface area is 167 Å². The number of fused-ring (bicyclic) bond motifs is 1. The molecule has 0 saturated heterocycles. The maximum Gasteiger partial charge on any atom is 0.222 e. The van der Waals surface area contributed by atoms with Crippen LogP contribution in [0.1, 0.15) is 25.8 Å². The Morgan fingerprint density at radius 3 is 2.48 bits per heavy atom. The highest BCUT2D eigenvalue weighted by Gasteiger charge is 2.21. The molecule has 0 saturated carbocycles. The van der Waals surface area contributed by atoms with E-state index in [1.807, 2.05) is 24.3 Å². The number of hydrogen-bond acceptors (Lipinski definition) is 4. The SMILES string of the molecule is CC(C)CCOc1ccc(Cn2c(O)c(N=O)c3ccc(Cl)c(Cl)c32)cc1. The molecule has 0 bridgehead atoms. The molecule has 3 aromatic rings. The van der Waals surface area contributed by atoms with E-state index >= 15 is 0 Å². The van der Waals surface area contributed by atoms with Gasteiger partial charge < -0.3 is 14.4 Å². The first-order valence-electron chi connectivity index (χ1n) is 8.66. The molecule has 0 aliphatic heterocycles. The molecule has 0 aliphatic rings. The van der Waals surface area contributed by atoms with Gasteiger partial charge in [-0.1, -0.05) is 49.2 Å². The maximum absolute atomic E-state index is 11.2. The van der Waals surface area contributed by atoms with Crippen molar-refractivity contribution in [3.63, 3.8) is 0 Å². The molecule has 5 nitrogen and oxygen atoms in total. The van der Waals surface area contributed by atoms with E-state index < -0.39 is 0 Å². The maximum atomic E-state index is 11.2. The molecule has 1 N–H and O–H groups in total. The van der Waals surface area contributed by atoms with E-state index in [4.69, 9.17) is 27.9 Å². The summed E-state index contributed by atoms with van der Waals surface area (Å²) in [4.78, 5) is 11.2. The minimum atomic E-state index is -0.235. The highest BCUT2D eigenvalue weighted by Crippen LogP contribution is 2.43. The van der Waals surface area contributed by atoms with Crippen molar-refractivity contribution in [2.24, 2.45) is 11.1 Å². The number of aromatic hydroxyl groups is 1. The molecule has 0 aliphatic carbocycles. The van der Waals surface area contributed by atoms with Crippen molar-refractivity contribution in [1.82, 2.24) is 4.57 Å². The number of nitrogens with zero attached hydrogens (tertiary/aromatic N) is 2. The average Bonchev–Trinajstić information content (AvgIpc) is 2.91. The lowest BCUT2D eigenvalue weighted by atomic mass is 10.1. The summed E-state index contributed by atoms with van der Waals surface area (Å²) in [5.41, 5.74) is 1.35. The van der Waals surface area contributed by atoms with Crippen molar-refractivity contribution < 1.29 is 9.84 Å². The molecule has 0 unspecified atom stereocenters. The second kappa shape index (κ2) is 8.19. The predicted octanol–water partition coefficient (Wildman–Crippen LogP) is 6.52. The average molecular weight is 407 g/mol. The zero-order chi connectivity index (χ0) is 19.6. The van der Waals surface area contributed by atoms with Gasteiger partial charge in [-0.25, -0.2) is 0 Å². The number of hydrogen-bond donors (Lipinski definition) is 1. The van der Waals surface area contributed by atoms with Crippen LogP contribution in [0.2, 0.25) is 10.0 Å². The Morgan fingerprint density at radius 1 is 1.15 bits per heavy atom. The van der Waals surface area contributed by atoms with E-state index in [0.717, 1.165) is 17.7 Å². The van der Waals surface area contributed by atoms with E-state index in [9.17, 15) is 10.0 Å². The molecule has 1 heterocycles. The molecule has 3 rings (SSSR count). The minimum absolute atomic E-state index is 0.0443. The van der Waals surface area contributed by atoms with Gasteiger partial charge in [0.1, 0.15) is 5.75 Å². The molecule has 0 spiro atoms. The van der Waals surface area contributed by atoms with Gasteiger partial charge in [-0.2, -0.15) is 0 Å². The third-order valence-electron chi connectivity index (χ3n) is 4.38. The lowest BCUT2D eigenvalue weighted by Crippen LogP contribution is -2.02. The molecule has 0 radical (unpaired) electrons. The standard InChI is InChI=1S/C20H20Cl2N2O3/c1-12(2)9-10-27-14-5-3-13(4-6-14)11-24-19-15(18(23-26)20(24)25)7-8-16(21)17(19)22/h3-8,12,25H,9-11H2,1-2H3. The monoisotopic (exact) mass is 406 g/mol. The van der Waals surface area contributed by atoms with Crippen molar-refractivity contribution in [1.29, 1.82) is 0 Å². The fraction of sp³-hybridized carbons (Fsp3) is 0.300. The lowest BCUT2D eigenvalue weighted by molar-refractivity contribution is 0.289. The minimum Gasteiger partial charge on any atom is -0.494 e. The fourth-order valence-corrected chi connectivity index (χ4v) is 3.30. The van der Waals surface area contributed by atoms with Crippen LogP contribution in [0.3, 0.4) is 0 Å². The Morgan fingerprint density at radius 2 is 1.85 bits per heavy atom. The molecule has 27 heavy (non-hydrogen) atoms. The van der Waals surface area contributed by atoms with Gasteiger partial charge >= 0.3 is 0 Å². The zero-order valence-electron chi connectivity index (χ0n) is 15.1. The van der Waals surface area contributed by atoms with E-state index in [1.165, 1.54) is 4.57 Å². The number of aromatic nitrogens is 1. The molecule has 0 fully saturated rings. The molecule has 142 valence electrons. The summed E-state index contributed by atoms with van der Waals surface area (Å²) >= 11 is 12.4. The van der Waals surface area contributed by atoms with Gasteiger partial charge in [-0.05, 0) is 47.3 Å². The summed E-state index contributed by atoms with van der Waals surface area (Å²) in [5.74, 6) is 1.14. The third kappa shape index (κ3) is 4.04. The Bertz CT molecular complexity index is 966. The van der Waals surface area contributed by atoms with Crippen LogP contribution in [0, 0.1) is 10.8 Å². The van der Waals surface area contributed by atoms with Crippen molar-refractivity contribution in [3.8, 4) is 11.6 Å². The van der Waals surface area contributed by atoms with Gasteiger partial charge in [-0.3, -0.25) is 0 Å². The molecular formula is C20H20Cl2N2O3. The van der Waals surface area contributed by atoms with Crippen LogP contribution in [0.5, 0.6) is 11.6 Å². The van der Waals surface area contributed by atoms with Crippen LogP contribution in [0.15, 0.2) is 41.6 Å². The topological polar surface area (TPSA) is 63.8 Å². The molecule has 2 aromatic carbocycles. The predicted molar refractivity (Wildman–Crippen MR) is 110 cm³/mol. The second-order valence-corrected chi connectivity index (χ2v) is 7.57. The lowest BCUT2D eigenvalue weighted by Gasteiger charge is -2.11. The third-order valence-corrected chi connectivity index (χ3v) is 5.18. The van der Waals surface area contributed by atoms with E-state index in [0.29, 0.717) is 35.0 Å². The van der Waals surface area contributed by atoms with E-state index in [-0.39, 0.29) is 16.6 Å². The van der Waals surface area contributed by atoms with E-state index in [2.05, 4.69) is 19.0 Å². The first-order valence-corrected chi connectivity index (χ1v) is 9.42. The Balaban J connectivity index is 1.89. The van der Waals surface area contributed by atoms with Crippen molar-refractivity contribution in [3.05, 3.63) is 56.9 Å². The van der Waals surface area contributed by atoms with Gasteiger partial charge in [0.2, 0.25) is 5.88 Å². The van der Waals surface area contributed by atoms with Crippen molar-refractivity contribution >= 4 is 39.8 Å². The normalized spacial score (nSPS) is 11.3. The summed E-state index contributed by atoms with van der Waals surface area (Å²) in [6.07, 6.45) is 0.992. The largest absolute Gasteiger partial charge is 0.494 e. The van der Waals surface area contributed by atoms with Gasteiger partial charge in [-0.15, -0.1) is 4.91 Å². The van der Waals surface area contributed by atoms with Crippen LogP contribution >= 0.6 is 23.2 Å². The number of rotatable bonds is 7. The van der Waals surface area contributed by atoms with Crippen LogP contribution in [0.4, 0.5) is 5.69 Å². The molecular weight excluding hydrogens is 387 g/mol. The first-order chi connectivity index (χ1) is 12.9. The van der Waals surface area contributed by atoms with Crippen molar-refractivity contribution in [2.75, 3.05) is 6.61 Å². The Hall–Kier alpha value is -2.24. The second-order valence-electron chi connectivity index (χ2n) is 6.78. The number of halogens is 2. The van der Waals surface area contributed by atoms with Crippen LogP contribution in [-0.2, 0) is 6.54 Å². The smallest absolute Gasteiger partial charge is 0.222 e. The van der Waals surface area contributed by atoms with Crippen molar-refractivity contribution in [2.45, 2.75) is 26.8 Å². The summed E-state index contributed by atoms with van der Waals surface area (Å²) in [5, 5.41) is 14.5. The molecule has 7 heteroatoms. The zero-order valence-corrected chi connectivity index (χ0v) is 16.6. The quantitative estimate of drug-likeness (QED) is 0.453. The summed E-state index contributed by atoms with van der Waals surface area (Å²) in [6.45, 7) is 5.28. The fourth-order valence-electron chi connectivity index (χ4n) is 2.88. The van der Waals surface area contributed by atoms with Gasteiger partial charge in [0.05, 0.1) is 28.7 Å². The van der Waals surface area contributed by atoms with E-state index in [1.54, 1.807) is 12.1 Å². The summed E-state index contributed by atoms with van der Waals surface area (Å²) in [6, 6.07) is 10.8. The molecule has 0 atom stereocenters. The van der Waals surface area contributed by atoms with Crippen LogP contribution < -0.4 is 4.74 Å².